The molecule has 0 spiro atoms. The summed E-state index contributed by atoms with van der Waals surface area (Å²) in [5.74, 6) is -0.238. The highest BCUT2D eigenvalue weighted by atomic mass is 32.2. The van der Waals surface area contributed by atoms with Gasteiger partial charge in [0.15, 0.2) is 9.84 Å². The lowest BCUT2D eigenvalue weighted by atomic mass is 9.86. The van der Waals surface area contributed by atoms with Crippen LogP contribution in [0.15, 0.2) is 0 Å². The molecule has 100 valence electrons. The lowest BCUT2D eigenvalue weighted by Crippen LogP contribution is -2.39. The molecule has 0 aromatic heterocycles. The Morgan fingerprint density at radius 2 is 2.12 bits per heavy atom. The van der Waals surface area contributed by atoms with Crippen LogP contribution in [-0.2, 0) is 19.4 Å². The Kier molecular flexibility index (Phi) is 4.55. The monoisotopic (exact) mass is 263 g/mol. The van der Waals surface area contributed by atoms with E-state index >= 15 is 0 Å². The van der Waals surface area contributed by atoms with Crippen molar-refractivity contribution < 1.29 is 17.9 Å². The predicted molar refractivity (Wildman–Crippen MR) is 65.2 cm³/mol. The van der Waals surface area contributed by atoms with Gasteiger partial charge in [-0.1, -0.05) is 6.92 Å². The van der Waals surface area contributed by atoms with E-state index in [4.69, 9.17) is 10.5 Å². The molecule has 0 aliphatic heterocycles. The summed E-state index contributed by atoms with van der Waals surface area (Å²) in [6.07, 6.45) is 1.32. The predicted octanol–water partition coefficient (Wildman–Crippen LogP) is 0.482. The van der Waals surface area contributed by atoms with Crippen LogP contribution in [0.3, 0.4) is 0 Å². The van der Waals surface area contributed by atoms with E-state index in [0.29, 0.717) is 25.9 Å². The summed E-state index contributed by atoms with van der Waals surface area (Å²) in [6, 6.07) is 0. The first-order valence-electron chi connectivity index (χ1n) is 6.00. The molecule has 2 atom stereocenters. The standard InChI is InChI=1S/C11H21NO4S/c1-3-16-10(13)11(8-12)6-5-9(7-11)17(14,15)4-2/h9H,3-8,12H2,1-2H3. The third kappa shape index (κ3) is 2.80. The Hall–Kier alpha value is -0.620. The summed E-state index contributed by atoms with van der Waals surface area (Å²) in [5.41, 5.74) is 4.86. The van der Waals surface area contributed by atoms with Gasteiger partial charge in [0.05, 0.1) is 17.3 Å². The maximum absolute atomic E-state index is 11.9. The molecule has 0 heterocycles. The topological polar surface area (TPSA) is 86.5 Å². The van der Waals surface area contributed by atoms with Gasteiger partial charge in [-0.15, -0.1) is 0 Å². The fourth-order valence-corrected chi connectivity index (χ4v) is 3.88. The highest BCUT2D eigenvalue weighted by Gasteiger charge is 2.48. The van der Waals surface area contributed by atoms with Gasteiger partial charge < -0.3 is 10.5 Å². The maximum atomic E-state index is 11.9. The van der Waals surface area contributed by atoms with Crippen molar-refractivity contribution >= 4 is 15.8 Å². The highest BCUT2D eigenvalue weighted by Crippen LogP contribution is 2.41. The van der Waals surface area contributed by atoms with Gasteiger partial charge in [-0.3, -0.25) is 4.79 Å². The zero-order valence-electron chi connectivity index (χ0n) is 10.4. The molecule has 1 fully saturated rings. The van der Waals surface area contributed by atoms with E-state index in [-0.39, 0.29) is 18.3 Å². The normalized spacial score (nSPS) is 29.2. The molecule has 1 aliphatic rings. The van der Waals surface area contributed by atoms with Gasteiger partial charge in [-0.2, -0.15) is 0 Å². The Balaban J connectivity index is 2.84. The van der Waals surface area contributed by atoms with E-state index in [0.717, 1.165) is 0 Å². The highest BCUT2D eigenvalue weighted by molar-refractivity contribution is 7.92. The first-order valence-corrected chi connectivity index (χ1v) is 7.72. The second-order valence-corrected chi connectivity index (χ2v) is 7.09. The number of esters is 1. The molecule has 0 amide bonds. The van der Waals surface area contributed by atoms with Crippen LogP contribution < -0.4 is 5.73 Å². The molecule has 1 rings (SSSR count). The van der Waals surface area contributed by atoms with Crippen molar-refractivity contribution in [3.8, 4) is 0 Å². The van der Waals surface area contributed by atoms with Crippen LogP contribution >= 0.6 is 0 Å². The van der Waals surface area contributed by atoms with Crippen molar-refractivity contribution in [3.05, 3.63) is 0 Å². The van der Waals surface area contributed by atoms with E-state index in [9.17, 15) is 13.2 Å². The number of hydrogen-bond donors (Lipinski definition) is 1. The van der Waals surface area contributed by atoms with Gasteiger partial charge in [0, 0.05) is 12.3 Å². The summed E-state index contributed by atoms with van der Waals surface area (Å²) < 4.78 is 28.6. The lowest BCUT2D eigenvalue weighted by Gasteiger charge is -2.24. The fraction of sp³-hybridized carbons (Fsp3) is 0.909. The van der Waals surface area contributed by atoms with E-state index < -0.39 is 20.5 Å². The number of sulfone groups is 1. The summed E-state index contributed by atoms with van der Waals surface area (Å²) in [4.78, 5) is 11.9. The van der Waals surface area contributed by atoms with Gasteiger partial charge in [-0.25, -0.2) is 8.42 Å². The lowest BCUT2D eigenvalue weighted by molar-refractivity contribution is -0.154. The number of nitrogens with two attached hydrogens (primary N) is 1. The van der Waals surface area contributed by atoms with Crippen molar-refractivity contribution in [1.29, 1.82) is 0 Å². The van der Waals surface area contributed by atoms with E-state index in [1.807, 2.05) is 0 Å². The maximum Gasteiger partial charge on any atom is 0.313 e. The Bertz CT molecular complexity index is 379. The molecular formula is C11H21NO4S. The Labute approximate surface area is 103 Å². The zero-order valence-corrected chi connectivity index (χ0v) is 11.3. The van der Waals surface area contributed by atoms with Crippen LogP contribution in [0.5, 0.6) is 0 Å². The SMILES string of the molecule is CCOC(=O)C1(CN)CCC(S(=O)(=O)CC)C1. The number of carbonyl (C=O) groups is 1. The molecule has 0 saturated heterocycles. The van der Waals surface area contributed by atoms with E-state index in [2.05, 4.69) is 0 Å². The van der Waals surface area contributed by atoms with E-state index in [1.165, 1.54) is 0 Å². The molecule has 1 saturated carbocycles. The first-order chi connectivity index (χ1) is 7.91. The van der Waals surface area contributed by atoms with Crippen LogP contribution in [0, 0.1) is 5.41 Å². The van der Waals surface area contributed by atoms with Gasteiger partial charge in [-0.05, 0) is 26.2 Å². The Morgan fingerprint density at radius 3 is 2.59 bits per heavy atom. The molecule has 0 aromatic rings. The van der Waals surface area contributed by atoms with E-state index in [1.54, 1.807) is 13.8 Å². The average molecular weight is 263 g/mol. The first kappa shape index (κ1) is 14.4. The van der Waals surface area contributed by atoms with Crippen LogP contribution in [0.2, 0.25) is 0 Å². The number of carbonyl (C=O) groups excluding carboxylic acids is 1. The Morgan fingerprint density at radius 1 is 1.47 bits per heavy atom. The van der Waals surface area contributed by atoms with Crippen LogP contribution in [0.1, 0.15) is 33.1 Å². The summed E-state index contributed by atoms with van der Waals surface area (Å²) in [5, 5.41) is -0.444. The smallest absolute Gasteiger partial charge is 0.313 e. The van der Waals surface area contributed by atoms with Crippen LogP contribution in [-0.4, -0.2) is 38.5 Å². The third-order valence-electron chi connectivity index (χ3n) is 3.57. The second-order valence-electron chi connectivity index (χ2n) is 4.52. The molecule has 0 radical (unpaired) electrons. The van der Waals surface area contributed by atoms with Crippen molar-refractivity contribution in [2.45, 2.75) is 38.4 Å². The van der Waals surface area contributed by atoms with Gasteiger partial charge in [0.25, 0.3) is 0 Å². The molecule has 17 heavy (non-hydrogen) atoms. The quantitative estimate of drug-likeness (QED) is 0.729. The minimum Gasteiger partial charge on any atom is -0.466 e. The number of rotatable bonds is 5. The second kappa shape index (κ2) is 5.35. The molecule has 0 bridgehead atoms. The molecule has 5 nitrogen and oxygen atoms in total. The molecule has 2 N–H and O–H groups in total. The third-order valence-corrected chi connectivity index (χ3v) is 5.80. The summed E-state index contributed by atoms with van der Waals surface area (Å²) in [7, 11) is -3.09. The zero-order chi connectivity index (χ0) is 13.1. The van der Waals surface area contributed by atoms with Crippen LogP contribution in [0.25, 0.3) is 0 Å². The molecular weight excluding hydrogens is 242 g/mol. The van der Waals surface area contributed by atoms with Crippen molar-refractivity contribution in [2.24, 2.45) is 11.1 Å². The summed E-state index contributed by atoms with van der Waals surface area (Å²) >= 11 is 0. The molecule has 1 aliphatic carbocycles. The molecule has 6 heteroatoms. The fourth-order valence-electron chi connectivity index (χ4n) is 2.36. The molecule has 2 unspecified atom stereocenters. The number of ether oxygens (including phenoxy) is 1. The van der Waals surface area contributed by atoms with Crippen LogP contribution in [0.4, 0.5) is 0 Å². The van der Waals surface area contributed by atoms with Gasteiger partial charge in [0.2, 0.25) is 0 Å². The number of hydrogen-bond acceptors (Lipinski definition) is 5. The van der Waals surface area contributed by atoms with Gasteiger partial charge in [0.1, 0.15) is 0 Å². The average Bonchev–Trinajstić information content (AvgIpc) is 2.75. The summed E-state index contributed by atoms with van der Waals surface area (Å²) in [6.45, 7) is 3.81. The largest absolute Gasteiger partial charge is 0.466 e. The van der Waals surface area contributed by atoms with Crippen molar-refractivity contribution in [2.75, 3.05) is 18.9 Å². The minimum atomic E-state index is -3.09. The van der Waals surface area contributed by atoms with Crippen molar-refractivity contribution in [3.63, 3.8) is 0 Å². The van der Waals surface area contributed by atoms with Gasteiger partial charge >= 0.3 is 5.97 Å². The molecule has 0 aromatic carbocycles. The van der Waals surface area contributed by atoms with Crippen molar-refractivity contribution in [1.82, 2.24) is 0 Å². The minimum absolute atomic E-state index is 0.112.